The fourth-order valence-electron chi connectivity index (χ4n) is 3.95. The van der Waals surface area contributed by atoms with Crippen LogP contribution in [0.3, 0.4) is 0 Å². The van der Waals surface area contributed by atoms with Crippen LogP contribution in [0.5, 0.6) is 17.2 Å². The summed E-state index contributed by atoms with van der Waals surface area (Å²) in [7, 11) is 1.34. The van der Waals surface area contributed by atoms with Crippen LogP contribution in [0, 0.1) is 36.3 Å². The Morgan fingerprint density at radius 2 is 1.85 bits per heavy atom. The molecule has 2 aromatic carbocycles. The molecule has 0 bridgehead atoms. The van der Waals surface area contributed by atoms with E-state index in [-0.39, 0.29) is 36.2 Å². The highest BCUT2D eigenvalue weighted by molar-refractivity contribution is 5.92. The highest BCUT2D eigenvalue weighted by Gasteiger charge is 2.22. The van der Waals surface area contributed by atoms with Crippen LogP contribution in [-0.2, 0) is 6.61 Å². The molecule has 0 spiro atoms. The number of aryl methyl sites for hydroxylation is 2. The average molecular weight is 543 g/mol. The van der Waals surface area contributed by atoms with Crippen molar-refractivity contribution in [1.29, 1.82) is 0 Å². The number of nitrogens with zero attached hydrogens (tertiary/aromatic N) is 3. The number of nitro benzene ring substituents is 1. The van der Waals surface area contributed by atoms with Crippen molar-refractivity contribution >= 4 is 17.8 Å². The summed E-state index contributed by atoms with van der Waals surface area (Å²) < 4.78 is 24.0. The van der Waals surface area contributed by atoms with Gasteiger partial charge in [-0.2, -0.15) is 5.10 Å². The Hall–Kier alpha value is -5.50. The van der Waals surface area contributed by atoms with E-state index < -0.39 is 10.8 Å². The summed E-state index contributed by atoms with van der Waals surface area (Å²) in [5.74, 6) is 2.75. The standard InChI is InChI=1S/C29H26N4O7/c1-5-14-38-28-25(33(35)36)15-21(16-27(28)37-4)17-30-31-29(34)26-13-12-24(40-26)18-39-23-10-8-22(9-11-23)32-19(2)6-7-20(32)3/h1,6-13,15-17H,14,18H2,2-4H3,(H,31,34)/b30-17+. The van der Waals surface area contributed by atoms with Crippen LogP contribution in [0.25, 0.3) is 5.69 Å². The third kappa shape index (κ3) is 6.31. The van der Waals surface area contributed by atoms with E-state index in [9.17, 15) is 14.9 Å². The molecule has 2 aromatic heterocycles. The molecule has 0 aliphatic carbocycles. The van der Waals surface area contributed by atoms with Crippen molar-refractivity contribution < 1.29 is 28.3 Å². The van der Waals surface area contributed by atoms with Crippen LogP contribution in [0.4, 0.5) is 5.69 Å². The number of amides is 1. The number of benzene rings is 2. The zero-order valence-electron chi connectivity index (χ0n) is 22.0. The molecule has 0 aliphatic heterocycles. The van der Waals surface area contributed by atoms with Crippen molar-refractivity contribution in [1.82, 2.24) is 9.99 Å². The van der Waals surface area contributed by atoms with Gasteiger partial charge in [-0.25, -0.2) is 5.43 Å². The Balaban J connectivity index is 1.36. The first kappa shape index (κ1) is 27.5. The van der Waals surface area contributed by atoms with E-state index in [0.717, 1.165) is 17.1 Å². The molecule has 11 heteroatoms. The van der Waals surface area contributed by atoms with E-state index in [1.54, 1.807) is 6.07 Å². The molecule has 0 aliphatic rings. The molecule has 0 unspecified atom stereocenters. The first-order valence-corrected chi connectivity index (χ1v) is 12.0. The molecule has 0 saturated heterocycles. The minimum absolute atomic E-state index is 0.0197. The summed E-state index contributed by atoms with van der Waals surface area (Å²) in [4.78, 5) is 23.3. The molecule has 40 heavy (non-hydrogen) atoms. The van der Waals surface area contributed by atoms with E-state index in [1.807, 2.05) is 38.1 Å². The molecule has 4 aromatic rings. The Morgan fingerprint density at radius 1 is 1.12 bits per heavy atom. The molecule has 1 amide bonds. The molecule has 0 radical (unpaired) electrons. The first-order valence-electron chi connectivity index (χ1n) is 12.0. The van der Waals surface area contributed by atoms with Crippen LogP contribution in [0.2, 0.25) is 0 Å². The summed E-state index contributed by atoms with van der Waals surface area (Å²) in [5.41, 5.74) is 5.57. The monoisotopic (exact) mass is 542 g/mol. The Bertz CT molecular complexity index is 1570. The fourth-order valence-corrected chi connectivity index (χ4v) is 3.95. The zero-order chi connectivity index (χ0) is 28.6. The lowest BCUT2D eigenvalue weighted by atomic mass is 10.2. The van der Waals surface area contributed by atoms with E-state index in [4.69, 9.17) is 25.1 Å². The molecule has 4 rings (SSSR count). The highest BCUT2D eigenvalue weighted by Crippen LogP contribution is 2.38. The lowest BCUT2D eigenvalue weighted by Gasteiger charge is -2.10. The first-order chi connectivity index (χ1) is 19.3. The lowest BCUT2D eigenvalue weighted by Crippen LogP contribution is -2.16. The largest absolute Gasteiger partial charge is 0.493 e. The maximum absolute atomic E-state index is 12.5. The second-order valence-corrected chi connectivity index (χ2v) is 8.52. The normalized spacial score (nSPS) is 10.8. The van der Waals surface area contributed by atoms with Gasteiger partial charge in [-0.05, 0) is 68.4 Å². The molecular weight excluding hydrogens is 516 g/mol. The average Bonchev–Trinajstić information content (AvgIpc) is 3.56. The van der Waals surface area contributed by atoms with Crippen molar-refractivity contribution in [2.45, 2.75) is 20.5 Å². The SMILES string of the molecule is C#CCOc1c(OC)cc(/C=N/NC(=O)c2ccc(COc3ccc(-n4c(C)ccc4C)cc3)o2)cc1[N+](=O)[O-]. The van der Waals surface area contributed by atoms with E-state index >= 15 is 0 Å². The minimum atomic E-state index is -0.630. The predicted octanol–water partition coefficient (Wildman–Crippen LogP) is 4.96. The second-order valence-electron chi connectivity index (χ2n) is 8.52. The van der Waals surface area contributed by atoms with Crippen molar-refractivity contribution in [3.05, 3.63) is 99.2 Å². The predicted molar refractivity (Wildman–Crippen MR) is 147 cm³/mol. The van der Waals surface area contributed by atoms with Gasteiger partial charge in [-0.15, -0.1) is 6.42 Å². The molecule has 0 atom stereocenters. The summed E-state index contributed by atoms with van der Waals surface area (Å²) in [6.45, 7) is 4.05. The van der Waals surface area contributed by atoms with Gasteiger partial charge in [-0.1, -0.05) is 5.92 Å². The maximum atomic E-state index is 12.5. The van der Waals surface area contributed by atoms with Crippen LogP contribution in [-0.4, -0.2) is 35.3 Å². The van der Waals surface area contributed by atoms with Gasteiger partial charge in [0.15, 0.2) is 11.5 Å². The van der Waals surface area contributed by atoms with Crippen LogP contribution in [0.15, 0.2) is 70.2 Å². The quantitative estimate of drug-likeness (QED) is 0.123. The fraction of sp³-hybridized carbons (Fsp3) is 0.172. The van der Waals surface area contributed by atoms with Gasteiger partial charge < -0.3 is 23.2 Å². The third-order valence-corrected chi connectivity index (χ3v) is 5.79. The summed E-state index contributed by atoms with van der Waals surface area (Å²) in [5, 5.41) is 15.3. The third-order valence-electron chi connectivity index (χ3n) is 5.79. The van der Waals surface area contributed by atoms with Gasteiger partial charge >= 0.3 is 11.6 Å². The smallest absolute Gasteiger partial charge is 0.315 e. The topological polar surface area (TPSA) is 130 Å². The van der Waals surface area contributed by atoms with Gasteiger partial charge in [0, 0.05) is 28.7 Å². The van der Waals surface area contributed by atoms with Gasteiger partial charge in [0.2, 0.25) is 5.75 Å². The van der Waals surface area contributed by atoms with Gasteiger partial charge in [0.25, 0.3) is 0 Å². The summed E-state index contributed by atoms with van der Waals surface area (Å²) in [6.07, 6.45) is 6.40. The highest BCUT2D eigenvalue weighted by atomic mass is 16.6. The minimum Gasteiger partial charge on any atom is -0.493 e. The number of ether oxygens (including phenoxy) is 3. The number of methoxy groups -OCH3 is 1. The summed E-state index contributed by atoms with van der Waals surface area (Å²) >= 11 is 0. The number of nitrogens with one attached hydrogen (secondary N) is 1. The van der Waals surface area contributed by atoms with Crippen LogP contribution < -0.4 is 19.6 Å². The molecule has 0 fully saturated rings. The number of furan rings is 1. The summed E-state index contributed by atoms with van der Waals surface area (Å²) in [6, 6.07) is 17.6. The van der Waals surface area contributed by atoms with E-state index in [0.29, 0.717) is 17.1 Å². The molecule has 0 saturated carbocycles. The van der Waals surface area contributed by atoms with Crippen molar-refractivity contribution in [3.63, 3.8) is 0 Å². The molecule has 204 valence electrons. The van der Waals surface area contributed by atoms with Crippen molar-refractivity contribution in [2.75, 3.05) is 13.7 Å². The van der Waals surface area contributed by atoms with Gasteiger partial charge in [-0.3, -0.25) is 14.9 Å². The van der Waals surface area contributed by atoms with Gasteiger partial charge in [0.1, 0.15) is 24.7 Å². The number of terminal acetylenes is 1. The molecule has 11 nitrogen and oxygen atoms in total. The molecule has 2 heterocycles. The lowest BCUT2D eigenvalue weighted by molar-refractivity contribution is -0.385. The number of carbonyl (C=O) groups excluding carboxylic acids is 1. The van der Waals surface area contributed by atoms with Crippen LogP contribution >= 0.6 is 0 Å². The van der Waals surface area contributed by atoms with Gasteiger partial charge in [0.05, 0.1) is 18.2 Å². The number of rotatable bonds is 11. The van der Waals surface area contributed by atoms with Crippen LogP contribution in [0.1, 0.15) is 33.3 Å². The number of carbonyl (C=O) groups is 1. The number of hydrazone groups is 1. The Morgan fingerprint density at radius 3 is 2.50 bits per heavy atom. The molecular formula is C29H26N4O7. The number of hydrogen-bond acceptors (Lipinski definition) is 8. The Kier molecular flexibility index (Phi) is 8.51. The number of nitro groups is 1. The zero-order valence-corrected chi connectivity index (χ0v) is 22.0. The van der Waals surface area contributed by atoms with E-state index in [2.05, 4.69) is 33.1 Å². The number of aromatic nitrogens is 1. The van der Waals surface area contributed by atoms with E-state index in [1.165, 1.54) is 31.5 Å². The molecule has 1 N–H and O–H groups in total. The Labute approximate surface area is 230 Å². The van der Waals surface area contributed by atoms with Crippen molar-refractivity contribution in [2.24, 2.45) is 5.10 Å². The maximum Gasteiger partial charge on any atom is 0.315 e. The van der Waals surface area contributed by atoms with Crippen molar-refractivity contribution in [3.8, 4) is 35.3 Å². The number of hydrogen-bond donors (Lipinski definition) is 1. The second kappa shape index (κ2) is 12.4.